The van der Waals surface area contributed by atoms with Gasteiger partial charge >= 0.3 is 0 Å². The van der Waals surface area contributed by atoms with Crippen LogP contribution >= 0.6 is 0 Å². The van der Waals surface area contributed by atoms with Gasteiger partial charge in [-0.3, -0.25) is 4.79 Å². The molecule has 1 aliphatic rings. The molecule has 2 rings (SSSR count). The monoisotopic (exact) mass is 290 g/mol. The minimum Gasteiger partial charge on any atom is -0.394 e. The standard InChI is InChI=1S/C17H26N2O2/c1-2-11-18-16-10-6-5-9-15(16)17(21)19-12-7-3-4-8-14(19)13-20/h5-6,9-10,14,18,20H,2-4,7-8,11-13H2,1H3. The highest BCUT2D eigenvalue weighted by Gasteiger charge is 2.26. The van der Waals surface area contributed by atoms with Gasteiger partial charge in [0.2, 0.25) is 0 Å². The van der Waals surface area contributed by atoms with Gasteiger partial charge in [-0.1, -0.05) is 31.9 Å². The summed E-state index contributed by atoms with van der Waals surface area (Å²) in [7, 11) is 0. The van der Waals surface area contributed by atoms with Gasteiger partial charge in [-0.2, -0.15) is 0 Å². The number of hydrogen-bond acceptors (Lipinski definition) is 3. The van der Waals surface area contributed by atoms with Crippen LogP contribution in [0.3, 0.4) is 0 Å². The first kappa shape index (κ1) is 15.8. The van der Waals surface area contributed by atoms with E-state index in [0.717, 1.165) is 50.9 Å². The first-order valence-corrected chi connectivity index (χ1v) is 8.02. The summed E-state index contributed by atoms with van der Waals surface area (Å²) in [6, 6.07) is 7.63. The molecule has 21 heavy (non-hydrogen) atoms. The van der Waals surface area contributed by atoms with Crippen LogP contribution in [0.2, 0.25) is 0 Å². The van der Waals surface area contributed by atoms with Crippen molar-refractivity contribution in [3.63, 3.8) is 0 Å². The van der Waals surface area contributed by atoms with Gasteiger partial charge < -0.3 is 15.3 Å². The fourth-order valence-corrected chi connectivity index (χ4v) is 2.87. The Kier molecular flexibility index (Phi) is 6.05. The molecule has 1 heterocycles. The zero-order valence-corrected chi connectivity index (χ0v) is 12.8. The number of aliphatic hydroxyl groups is 1. The van der Waals surface area contributed by atoms with E-state index in [9.17, 15) is 9.90 Å². The number of amides is 1. The van der Waals surface area contributed by atoms with Crippen molar-refractivity contribution in [3.8, 4) is 0 Å². The molecular formula is C17H26N2O2. The Morgan fingerprint density at radius 3 is 2.90 bits per heavy atom. The van der Waals surface area contributed by atoms with Gasteiger partial charge in [-0.15, -0.1) is 0 Å². The van der Waals surface area contributed by atoms with E-state index in [0.29, 0.717) is 5.56 Å². The van der Waals surface area contributed by atoms with E-state index in [1.807, 2.05) is 29.2 Å². The zero-order valence-electron chi connectivity index (χ0n) is 12.8. The summed E-state index contributed by atoms with van der Waals surface area (Å²) < 4.78 is 0. The maximum absolute atomic E-state index is 12.9. The highest BCUT2D eigenvalue weighted by atomic mass is 16.3. The van der Waals surface area contributed by atoms with E-state index in [1.165, 1.54) is 0 Å². The number of rotatable bonds is 5. The smallest absolute Gasteiger partial charge is 0.256 e. The second-order valence-corrected chi connectivity index (χ2v) is 5.66. The number of likely N-dealkylation sites (tertiary alicyclic amines) is 1. The molecule has 1 fully saturated rings. The molecule has 1 unspecified atom stereocenters. The molecule has 1 aliphatic heterocycles. The summed E-state index contributed by atoms with van der Waals surface area (Å²) in [6.07, 6.45) is 5.16. The lowest BCUT2D eigenvalue weighted by molar-refractivity contribution is 0.0601. The number of aliphatic hydroxyl groups excluding tert-OH is 1. The van der Waals surface area contributed by atoms with Crippen LogP contribution in [0.1, 0.15) is 49.4 Å². The van der Waals surface area contributed by atoms with Crippen LogP contribution < -0.4 is 5.32 Å². The molecule has 0 saturated carbocycles. The van der Waals surface area contributed by atoms with Crippen LogP contribution in [0.25, 0.3) is 0 Å². The lowest BCUT2D eigenvalue weighted by Crippen LogP contribution is -2.42. The number of carbonyl (C=O) groups is 1. The molecule has 4 heteroatoms. The Labute approximate surface area is 127 Å². The molecule has 0 spiro atoms. The normalized spacial score (nSPS) is 19.1. The number of benzene rings is 1. The Hall–Kier alpha value is -1.55. The molecule has 1 aromatic carbocycles. The predicted molar refractivity (Wildman–Crippen MR) is 85.6 cm³/mol. The fraction of sp³-hybridized carbons (Fsp3) is 0.588. The van der Waals surface area contributed by atoms with E-state index in [2.05, 4.69) is 12.2 Å². The largest absolute Gasteiger partial charge is 0.394 e. The Balaban J connectivity index is 2.21. The summed E-state index contributed by atoms with van der Waals surface area (Å²) >= 11 is 0. The maximum atomic E-state index is 12.9. The molecule has 1 atom stereocenters. The van der Waals surface area contributed by atoms with Crippen LogP contribution in [-0.2, 0) is 0 Å². The highest BCUT2D eigenvalue weighted by molar-refractivity contribution is 5.99. The molecule has 0 bridgehead atoms. The maximum Gasteiger partial charge on any atom is 0.256 e. The second kappa shape index (κ2) is 8.03. The van der Waals surface area contributed by atoms with E-state index in [4.69, 9.17) is 0 Å². The number of nitrogens with zero attached hydrogens (tertiary/aromatic N) is 1. The summed E-state index contributed by atoms with van der Waals surface area (Å²) in [4.78, 5) is 14.7. The van der Waals surface area contributed by atoms with Gasteiger partial charge in [0.25, 0.3) is 5.91 Å². The quantitative estimate of drug-likeness (QED) is 0.876. The van der Waals surface area contributed by atoms with Gasteiger partial charge in [0.15, 0.2) is 0 Å². The minimum atomic E-state index is -0.0424. The number of nitrogens with one attached hydrogen (secondary N) is 1. The first-order chi connectivity index (χ1) is 10.3. The van der Waals surface area contributed by atoms with Crippen LogP contribution in [-0.4, -0.2) is 41.7 Å². The minimum absolute atomic E-state index is 0.0372. The molecule has 116 valence electrons. The molecule has 0 radical (unpaired) electrons. The molecule has 1 amide bonds. The van der Waals surface area contributed by atoms with Crippen molar-refractivity contribution in [1.29, 1.82) is 0 Å². The summed E-state index contributed by atoms with van der Waals surface area (Å²) in [5, 5.41) is 12.9. The van der Waals surface area contributed by atoms with Gasteiger partial charge in [-0.05, 0) is 31.4 Å². The van der Waals surface area contributed by atoms with Crippen molar-refractivity contribution in [2.45, 2.75) is 45.1 Å². The summed E-state index contributed by atoms with van der Waals surface area (Å²) in [6.45, 7) is 3.75. The lowest BCUT2D eigenvalue weighted by Gasteiger charge is -2.29. The molecule has 1 saturated heterocycles. The molecule has 0 aromatic heterocycles. The Morgan fingerprint density at radius 2 is 2.14 bits per heavy atom. The summed E-state index contributed by atoms with van der Waals surface area (Å²) in [5.74, 6) is 0.0372. The van der Waals surface area contributed by atoms with Gasteiger partial charge in [0, 0.05) is 18.8 Å². The third kappa shape index (κ3) is 3.97. The molecule has 0 aliphatic carbocycles. The topological polar surface area (TPSA) is 52.6 Å². The van der Waals surface area contributed by atoms with E-state index >= 15 is 0 Å². The number of hydrogen-bond donors (Lipinski definition) is 2. The van der Waals surface area contributed by atoms with Gasteiger partial charge in [0.05, 0.1) is 18.2 Å². The van der Waals surface area contributed by atoms with Crippen LogP contribution in [0.4, 0.5) is 5.69 Å². The zero-order chi connectivity index (χ0) is 15.1. The fourth-order valence-electron chi connectivity index (χ4n) is 2.87. The number of carbonyl (C=O) groups excluding carboxylic acids is 1. The van der Waals surface area contributed by atoms with Crippen molar-refractivity contribution in [3.05, 3.63) is 29.8 Å². The van der Waals surface area contributed by atoms with Crippen LogP contribution in [0.5, 0.6) is 0 Å². The third-order valence-corrected chi connectivity index (χ3v) is 4.07. The van der Waals surface area contributed by atoms with E-state index in [1.54, 1.807) is 0 Å². The number of anilines is 1. The Bertz CT molecular complexity index is 462. The highest BCUT2D eigenvalue weighted by Crippen LogP contribution is 2.23. The summed E-state index contributed by atoms with van der Waals surface area (Å²) in [5.41, 5.74) is 1.61. The van der Waals surface area contributed by atoms with Crippen molar-refractivity contribution >= 4 is 11.6 Å². The molecule has 2 N–H and O–H groups in total. The van der Waals surface area contributed by atoms with E-state index < -0.39 is 0 Å². The van der Waals surface area contributed by atoms with Crippen molar-refractivity contribution in [2.75, 3.05) is 25.0 Å². The van der Waals surface area contributed by atoms with Crippen molar-refractivity contribution in [2.24, 2.45) is 0 Å². The second-order valence-electron chi connectivity index (χ2n) is 5.66. The van der Waals surface area contributed by atoms with Crippen LogP contribution in [0.15, 0.2) is 24.3 Å². The van der Waals surface area contributed by atoms with Gasteiger partial charge in [-0.25, -0.2) is 0 Å². The Morgan fingerprint density at radius 1 is 1.33 bits per heavy atom. The lowest BCUT2D eigenvalue weighted by atomic mass is 10.1. The first-order valence-electron chi connectivity index (χ1n) is 8.02. The van der Waals surface area contributed by atoms with Gasteiger partial charge in [0.1, 0.15) is 0 Å². The molecule has 1 aromatic rings. The average molecular weight is 290 g/mol. The van der Waals surface area contributed by atoms with Crippen molar-refractivity contribution < 1.29 is 9.90 Å². The molecular weight excluding hydrogens is 264 g/mol. The third-order valence-electron chi connectivity index (χ3n) is 4.07. The SMILES string of the molecule is CCCNc1ccccc1C(=O)N1CCCCCC1CO. The van der Waals surface area contributed by atoms with Crippen LogP contribution in [0, 0.1) is 0 Å². The van der Waals surface area contributed by atoms with Crippen molar-refractivity contribution in [1.82, 2.24) is 4.90 Å². The van der Waals surface area contributed by atoms with E-state index in [-0.39, 0.29) is 18.6 Å². The molecule has 4 nitrogen and oxygen atoms in total. The predicted octanol–water partition coefficient (Wildman–Crippen LogP) is 2.89. The number of para-hydroxylation sites is 1. The average Bonchev–Trinajstić information content (AvgIpc) is 2.77.